The topological polar surface area (TPSA) is 91.0 Å². The predicted molar refractivity (Wildman–Crippen MR) is 125 cm³/mol. The van der Waals surface area contributed by atoms with Gasteiger partial charge in [-0.3, -0.25) is 14.2 Å². The zero-order valence-electron chi connectivity index (χ0n) is 17.7. The van der Waals surface area contributed by atoms with Gasteiger partial charge in [-0.15, -0.1) is 0 Å². The van der Waals surface area contributed by atoms with E-state index in [1.165, 1.54) is 12.5 Å². The number of amides is 1. The highest BCUT2D eigenvalue weighted by atomic mass is 79.9. The third kappa shape index (κ3) is 4.57. The van der Waals surface area contributed by atoms with Crippen molar-refractivity contribution in [3.63, 3.8) is 0 Å². The van der Waals surface area contributed by atoms with E-state index in [2.05, 4.69) is 31.3 Å². The number of aromatic nitrogens is 4. The fourth-order valence-corrected chi connectivity index (χ4v) is 3.88. The van der Waals surface area contributed by atoms with Crippen molar-refractivity contribution in [1.29, 1.82) is 0 Å². The molecule has 0 saturated carbocycles. The molecule has 2 aromatic carbocycles. The molecule has 0 unspecified atom stereocenters. The molecule has 2 heterocycles. The Morgan fingerprint density at radius 1 is 1.22 bits per heavy atom. The Labute approximate surface area is 193 Å². The first-order valence-corrected chi connectivity index (χ1v) is 10.8. The molecular weight excluding hydrogens is 474 g/mol. The van der Waals surface area contributed by atoms with Crippen LogP contribution in [0.1, 0.15) is 21.5 Å². The van der Waals surface area contributed by atoms with E-state index < -0.39 is 0 Å². The lowest BCUT2D eigenvalue weighted by molar-refractivity contribution is 0.0951. The second-order valence-electron chi connectivity index (χ2n) is 7.37. The van der Waals surface area contributed by atoms with Gasteiger partial charge in [-0.05, 0) is 46.6 Å². The van der Waals surface area contributed by atoms with Crippen molar-refractivity contribution in [2.45, 2.75) is 20.0 Å². The van der Waals surface area contributed by atoms with Gasteiger partial charge in [0.15, 0.2) is 5.65 Å². The zero-order valence-corrected chi connectivity index (χ0v) is 19.3. The number of carbonyl (C=O) groups excluding carboxylic acids is 1. The van der Waals surface area contributed by atoms with E-state index in [0.29, 0.717) is 46.5 Å². The highest BCUT2D eigenvalue weighted by Crippen LogP contribution is 2.22. The van der Waals surface area contributed by atoms with Gasteiger partial charge in [0.1, 0.15) is 17.5 Å². The standard InChI is InChI=1S/C23H22BrN5O3/c1-15-4-3-5-16(10-15)13-28-14-26-21-19(23(28)31)12-27-29(21)9-8-25-22(30)18-11-17(32-2)6-7-20(18)24/h3-7,10-12,14H,8-9,13H2,1-2H3,(H,25,30). The van der Waals surface area contributed by atoms with E-state index in [0.717, 1.165) is 11.1 Å². The van der Waals surface area contributed by atoms with Gasteiger partial charge in [0.05, 0.1) is 32.0 Å². The summed E-state index contributed by atoms with van der Waals surface area (Å²) in [7, 11) is 1.55. The van der Waals surface area contributed by atoms with Gasteiger partial charge in [-0.2, -0.15) is 5.10 Å². The zero-order chi connectivity index (χ0) is 22.7. The van der Waals surface area contributed by atoms with Gasteiger partial charge in [-0.25, -0.2) is 9.67 Å². The summed E-state index contributed by atoms with van der Waals surface area (Å²) in [6, 6.07) is 13.2. The molecule has 9 heteroatoms. The molecule has 1 N–H and O–H groups in total. The van der Waals surface area contributed by atoms with Gasteiger partial charge in [0.2, 0.25) is 0 Å². The van der Waals surface area contributed by atoms with Crippen LogP contribution in [-0.2, 0) is 13.1 Å². The maximum Gasteiger partial charge on any atom is 0.264 e. The summed E-state index contributed by atoms with van der Waals surface area (Å²) >= 11 is 3.38. The molecule has 164 valence electrons. The summed E-state index contributed by atoms with van der Waals surface area (Å²) < 4.78 is 9.05. The van der Waals surface area contributed by atoms with Crippen LogP contribution < -0.4 is 15.6 Å². The van der Waals surface area contributed by atoms with Crippen LogP contribution >= 0.6 is 15.9 Å². The van der Waals surface area contributed by atoms with Gasteiger partial charge in [0.25, 0.3) is 11.5 Å². The largest absolute Gasteiger partial charge is 0.497 e. The smallest absolute Gasteiger partial charge is 0.264 e. The summed E-state index contributed by atoms with van der Waals surface area (Å²) in [5.41, 5.74) is 3.00. The minimum absolute atomic E-state index is 0.146. The second kappa shape index (κ2) is 9.35. The van der Waals surface area contributed by atoms with Crippen LogP contribution in [0.5, 0.6) is 5.75 Å². The number of nitrogens with one attached hydrogen (secondary N) is 1. The molecule has 1 amide bonds. The molecule has 0 aliphatic rings. The summed E-state index contributed by atoms with van der Waals surface area (Å²) in [4.78, 5) is 29.8. The number of hydrogen-bond donors (Lipinski definition) is 1. The van der Waals surface area contributed by atoms with E-state index in [1.807, 2.05) is 31.2 Å². The molecule has 32 heavy (non-hydrogen) atoms. The molecule has 0 fully saturated rings. The van der Waals surface area contributed by atoms with Gasteiger partial charge in [0, 0.05) is 11.0 Å². The van der Waals surface area contributed by atoms with Gasteiger partial charge < -0.3 is 10.1 Å². The number of aryl methyl sites for hydroxylation is 1. The number of nitrogens with zero attached hydrogens (tertiary/aromatic N) is 4. The first kappa shape index (κ1) is 21.8. The van der Waals surface area contributed by atoms with E-state index in [-0.39, 0.29) is 11.5 Å². The molecule has 2 aromatic heterocycles. The van der Waals surface area contributed by atoms with Crippen LogP contribution in [0.4, 0.5) is 0 Å². The maximum atomic E-state index is 12.9. The highest BCUT2D eigenvalue weighted by molar-refractivity contribution is 9.10. The molecular formula is C23H22BrN5O3. The third-order valence-electron chi connectivity index (χ3n) is 5.09. The van der Waals surface area contributed by atoms with Crippen molar-refractivity contribution >= 4 is 32.9 Å². The monoisotopic (exact) mass is 495 g/mol. The van der Waals surface area contributed by atoms with Crippen molar-refractivity contribution in [2.75, 3.05) is 13.7 Å². The summed E-state index contributed by atoms with van der Waals surface area (Å²) in [6.07, 6.45) is 3.06. The van der Waals surface area contributed by atoms with Gasteiger partial charge >= 0.3 is 0 Å². The number of ether oxygens (including phenoxy) is 1. The molecule has 4 aromatic rings. The number of fused-ring (bicyclic) bond motifs is 1. The average Bonchev–Trinajstić information content (AvgIpc) is 3.20. The Morgan fingerprint density at radius 3 is 2.84 bits per heavy atom. The summed E-state index contributed by atoms with van der Waals surface area (Å²) in [5.74, 6) is 0.364. The van der Waals surface area contributed by atoms with Crippen LogP contribution in [0.25, 0.3) is 11.0 Å². The van der Waals surface area contributed by atoms with E-state index in [4.69, 9.17) is 4.74 Å². The quantitative estimate of drug-likeness (QED) is 0.425. The summed E-state index contributed by atoms with van der Waals surface area (Å²) in [5, 5.41) is 7.60. The number of halogens is 1. The van der Waals surface area contributed by atoms with Crippen LogP contribution in [-0.4, -0.2) is 38.9 Å². The van der Waals surface area contributed by atoms with Crippen molar-refractivity contribution in [1.82, 2.24) is 24.6 Å². The van der Waals surface area contributed by atoms with Crippen LogP contribution in [0, 0.1) is 6.92 Å². The first-order valence-electron chi connectivity index (χ1n) is 10.0. The Kier molecular flexibility index (Phi) is 6.36. The lowest BCUT2D eigenvalue weighted by atomic mass is 10.1. The molecule has 0 bridgehead atoms. The minimum atomic E-state index is -0.235. The Morgan fingerprint density at radius 2 is 2.06 bits per heavy atom. The van der Waals surface area contributed by atoms with Gasteiger partial charge in [-0.1, -0.05) is 29.8 Å². The van der Waals surface area contributed by atoms with Crippen LogP contribution in [0.3, 0.4) is 0 Å². The maximum absolute atomic E-state index is 12.9. The molecule has 4 rings (SSSR count). The molecule has 0 aliphatic heterocycles. The normalized spacial score (nSPS) is 11.0. The summed E-state index contributed by atoms with van der Waals surface area (Å²) in [6.45, 7) is 3.17. The minimum Gasteiger partial charge on any atom is -0.497 e. The average molecular weight is 496 g/mol. The van der Waals surface area contributed by atoms with Crippen molar-refractivity contribution in [2.24, 2.45) is 0 Å². The van der Waals surface area contributed by atoms with Crippen LogP contribution in [0.15, 0.2) is 64.3 Å². The number of carbonyl (C=O) groups is 1. The SMILES string of the molecule is COc1ccc(Br)c(C(=O)NCCn2ncc3c(=O)n(Cc4cccc(C)c4)cnc32)c1. The van der Waals surface area contributed by atoms with E-state index >= 15 is 0 Å². The Balaban J connectivity index is 1.46. The lowest BCUT2D eigenvalue weighted by Crippen LogP contribution is -2.28. The highest BCUT2D eigenvalue weighted by Gasteiger charge is 2.13. The lowest BCUT2D eigenvalue weighted by Gasteiger charge is -2.09. The molecule has 0 spiro atoms. The second-order valence-corrected chi connectivity index (χ2v) is 8.23. The Bertz CT molecular complexity index is 1350. The molecule has 0 radical (unpaired) electrons. The number of methoxy groups -OCH3 is 1. The number of benzene rings is 2. The Hall–Kier alpha value is -3.46. The van der Waals surface area contributed by atoms with Crippen molar-refractivity contribution in [3.05, 3.63) is 86.5 Å². The number of hydrogen-bond acceptors (Lipinski definition) is 5. The van der Waals surface area contributed by atoms with Crippen LogP contribution in [0.2, 0.25) is 0 Å². The first-order chi connectivity index (χ1) is 15.5. The molecule has 8 nitrogen and oxygen atoms in total. The van der Waals surface area contributed by atoms with E-state index in [9.17, 15) is 9.59 Å². The van der Waals surface area contributed by atoms with Crippen molar-refractivity contribution < 1.29 is 9.53 Å². The predicted octanol–water partition coefficient (Wildman–Crippen LogP) is 3.15. The van der Waals surface area contributed by atoms with Crippen molar-refractivity contribution in [3.8, 4) is 5.75 Å². The number of rotatable bonds is 7. The molecule has 0 aliphatic carbocycles. The fourth-order valence-electron chi connectivity index (χ4n) is 3.46. The molecule has 0 saturated heterocycles. The van der Waals surface area contributed by atoms with E-state index in [1.54, 1.807) is 34.6 Å². The molecule has 0 atom stereocenters. The fraction of sp³-hybridized carbons (Fsp3) is 0.217. The third-order valence-corrected chi connectivity index (χ3v) is 5.78.